The first-order valence-corrected chi connectivity index (χ1v) is 5.80. The summed E-state index contributed by atoms with van der Waals surface area (Å²) in [6.45, 7) is 5.12. The molecule has 0 bridgehead atoms. The minimum atomic E-state index is 0. The van der Waals surface area contributed by atoms with E-state index in [0.717, 1.165) is 32.5 Å². The average molecular weight is 233 g/mol. The Bertz CT molecular complexity index is 217. The molecule has 1 amide bonds. The van der Waals surface area contributed by atoms with Gasteiger partial charge in [-0.25, -0.2) is 0 Å². The molecule has 3 nitrogen and oxygen atoms in total. The number of nitrogens with one attached hydrogen (secondary N) is 1. The number of rotatable bonds is 1. The summed E-state index contributed by atoms with van der Waals surface area (Å²) in [5.74, 6) is 0.645. The van der Waals surface area contributed by atoms with Crippen molar-refractivity contribution < 1.29 is 4.79 Å². The van der Waals surface area contributed by atoms with Crippen LogP contribution >= 0.6 is 12.4 Å². The molecule has 2 aliphatic heterocycles. The SMILES string of the molecule is C[C@H]1CCCN1C(=O)[C@@H]1CCCNC1.Cl. The molecule has 2 fully saturated rings. The van der Waals surface area contributed by atoms with E-state index in [1.165, 1.54) is 12.8 Å². The molecule has 2 heterocycles. The monoisotopic (exact) mass is 232 g/mol. The van der Waals surface area contributed by atoms with Crippen molar-refractivity contribution in [1.29, 1.82) is 0 Å². The molecule has 0 aromatic rings. The lowest BCUT2D eigenvalue weighted by atomic mass is 9.98. The molecule has 0 aliphatic carbocycles. The average Bonchev–Trinajstić information content (AvgIpc) is 2.65. The molecule has 2 atom stereocenters. The number of hydrogen-bond acceptors (Lipinski definition) is 2. The molecular formula is C11H21ClN2O. The first-order valence-electron chi connectivity index (χ1n) is 5.80. The first-order chi connectivity index (χ1) is 6.79. The predicted molar refractivity (Wildman–Crippen MR) is 63.3 cm³/mol. The first kappa shape index (κ1) is 12.8. The summed E-state index contributed by atoms with van der Waals surface area (Å²) >= 11 is 0. The van der Waals surface area contributed by atoms with Crippen LogP contribution in [0.15, 0.2) is 0 Å². The highest BCUT2D eigenvalue weighted by atomic mass is 35.5. The standard InChI is InChI=1S/C11H20N2O.ClH/c1-9-4-3-7-13(9)11(14)10-5-2-6-12-8-10;/h9-10,12H,2-8H2,1H3;1H/t9-,10+;/m0./s1. The Morgan fingerprint density at radius 1 is 1.33 bits per heavy atom. The van der Waals surface area contributed by atoms with Crippen LogP contribution in [0.2, 0.25) is 0 Å². The summed E-state index contributed by atoms with van der Waals surface area (Å²) in [5.41, 5.74) is 0. The third kappa shape index (κ3) is 2.85. The highest BCUT2D eigenvalue weighted by Gasteiger charge is 2.31. The molecule has 1 N–H and O–H groups in total. The van der Waals surface area contributed by atoms with Gasteiger partial charge in [0.15, 0.2) is 0 Å². The molecule has 88 valence electrons. The second-order valence-electron chi connectivity index (χ2n) is 4.57. The van der Waals surface area contributed by atoms with Gasteiger partial charge in [0.1, 0.15) is 0 Å². The smallest absolute Gasteiger partial charge is 0.227 e. The van der Waals surface area contributed by atoms with Gasteiger partial charge in [0.05, 0.1) is 5.92 Å². The van der Waals surface area contributed by atoms with Crippen LogP contribution in [0.5, 0.6) is 0 Å². The van der Waals surface area contributed by atoms with Crippen LogP contribution in [-0.4, -0.2) is 36.5 Å². The van der Waals surface area contributed by atoms with Gasteiger partial charge in [0.2, 0.25) is 5.91 Å². The second-order valence-corrected chi connectivity index (χ2v) is 4.57. The molecule has 2 rings (SSSR count). The van der Waals surface area contributed by atoms with Crippen molar-refractivity contribution in [2.45, 2.75) is 38.6 Å². The van der Waals surface area contributed by atoms with Gasteiger partial charge in [-0.15, -0.1) is 12.4 Å². The van der Waals surface area contributed by atoms with Crippen LogP contribution in [0.3, 0.4) is 0 Å². The minimum Gasteiger partial charge on any atom is -0.340 e. The van der Waals surface area contributed by atoms with Gasteiger partial charge in [0, 0.05) is 19.1 Å². The van der Waals surface area contributed by atoms with Gasteiger partial charge < -0.3 is 10.2 Å². The van der Waals surface area contributed by atoms with E-state index in [0.29, 0.717) is 11.9 Å². The van der Waals surface area contributed by atoms with E-state index < -0.39 is 0 Å². The lowest BCUT2D eigenvalue weighted by Crippen LogP contribution is -2.44. The van der Waals surface area contributed by atoms with E-state index >= 15 is 0 Å². The Kier molecular flexibility index (Phi) is 4.87. The van der Waals surface area contributed by atoms with Crippen LogP contribution < -0.4 is 5.32 Å². The Hall–Kier alpha value is -0.280. The molecule has 0 spiro atoms. The van der Waals surface area contributed by atoms with Gasteiger partial charge in [-0.2, -0.15) is 0 Å². The summed E-state index contributed by atoms with van der Waals surface area (Å²) in [4.78, 5) is 14.2. The maximum Gasteiger partial charge on any atom is 0.227 e. The van der Waals surface area contributed by atoms with Crippen molar-refractivity contribution in [3.63, 3.8) is 0 Å². The number of carbonyl (C=O) groups is 1. The fraction of sp³-hybridized carbons (Fsp3) is 0.909. The summed E-state index contributed by atoms with van der Waals surface area (Å²) in [7, 11) is 0. The summed E-state index contributed by atoms with van der Waals surface area (Å²) in [6.07, 6.45) is 4.60. The lowest BCUT2D eigenvalue weighted by Gasteiger charge is -2.29. The fourth-order valence-electron chi connectivity index (χ4n) is 2.56. The number of halogens is 1. The number of hydrogen-bond donors (Lipinski definition) is 1. The summed E-state index contributed by atoms with van der Waals surface area (Å²) < 4.78 is 0. The van der Waals surface area contributed by atoms with Gasteiger partial charge in [-0.3, -0.25) is 4.79 Å². The highest BCUT2D eigenvalue weighted by molar-refractivity contribution is 5.85. The number of amides is 1. The maximum atomic E-state index is 12.1. The maximum absolute atomic E-state index is 12.1. The van der Waals surface area contributed by atoms with Crippen LogP contribution in [0.1, 0.15) is 32.6 Å². The van der Waals surface area contributed by atoms with Crippen molar-refractivity contribution in [2.75, 3.05) is 19.6 Å². The molecule has 15 heavy (non-hydrogen) atoms. The van der Waals surface area contributed by atoms with E-state index in [9.17, 15) is 4.79 Å². The molecule has 0 radical (unpaired) electrons. The van der Waals surface area contributed by atoms with Gasteiger partial charge >= 0.3 is 0 Å². The number of carbonyl (C=O) groups excluding carboxylic acids is 1. The van der Waals surface area contributed by atoms with E-state index in [1.807, 2.05) is 0 Å². The Morgan fingerprint density at radius 3 is 2.67 bits per heavy atom. The van der Waals surface area contributed by atoms with E-state index in [1.54, 1.807) is 0 Å². The molecule has 0 saturated carbocycles. The Labute approximate surface area is 98.0 Å². The molecule has 2 saturated heterocycles. The number of likely N-dealkylation sites (tertiary alicyclic amines) is 1. The second kappa shape index (κ2) is 5.71. The number of piperidine rings is 1. The van der Waals surface area contributed by atoms with Crippen molar-refractivity contribution in [2.24, 2.45) is 5.92 Å². The van der Waals surface area contributed by atoms with Crippen LogP contribution in [-0.2, 0) is 4.79 Å². The third-order valence-corrected chi connectivity index (χ3v) is 3.48. The van der Waals surface area contributed by atoms with Crippen molar-refractivity contribution in [1.82, 2.24) is 10.2 Å². The minimum absolute atomic E-state index is 0. The van der Waals surface area contributed by atoms with Crippen LogP contribution in [0.4, 0.5) is 0 Å². The van der Waals surface area contributed by atoms with Crippen LogP contribution in [0, 0.1) is 5.92 Å². The fourth-order valence-corrected chi connectivity index (χ4v) is 2.56. The molecule has 2 aliphatic rings. The zero-order chi connectivity index (χ0) is 9.97. The molecule has 0 aromatic heterocycles. The van der Waals surface area contributed by atoms with Gasteiger partial charge in [-0.1, -0.05) is 0 Å². The van der Waals surface area contributed by atoms with E-state index in [4.69, 9.17) is 0 Å². The van der Waals surface area contributed by atoms with E-state index in [2.05, 4.69) is 17.1 Å². The largest absolute Gasteiger partial charge is 0.340 e. The third-order valence-electron chi connectivity index (χ3n) is 3.48. The lowest BCUT2D eigenvalue weighted by molar-refractivity contribution is -0.136. The zero-order valence-electron chi connectivity index (χ0n) is 9.37. The summed E-state index contributed by atoms with van der Waals surface area (Å²) in [6, 6.07) is 0.476. The Balaban J connectivity index is 0.00000112. The summed E-state index contributed by atoms with van der Waals surface area (Å²) in [5, 5.41) is 3.31. The quantitative estimate of drug-likeness (QED) is 0.742. The van der Waals surface area contributed by atoms with Crippen molar-refractivity contribution >= 4 is 18.3 Å². The predicted octanol–water partition coefficient (Wildman–Crippen LogP) is 1.42. The molecule has 4 heteroatoms. The molecule has 0 aromatic carbocycles. The van der Waals surface area contributed by atoms with Crippen molar-refractivity contribution in [3.05, 3.63) is 0 Å². The van der Waals surface area contributed by atoms with E-state index in [-0.39, 0.29) is 18.3 Å². The Morgan fingerprint density at radius 2 is 2.13 bits per heavy atom. The normalized spacial score (nSPS) is 31.1. The molecular weight excluding hydrogens is 212 g/mol. The molecule has 0 unspecified atom stereocenters. The van der Waals surface area contributed by atoms with Crippen molar-refractivity contribution in [3.8, 4) is 0 Å². The topological polar surface area (TPSA) is 32.3 Å². The van der Waals surface area contributed by atoms with Gasteiger partial charge in [-0.05, 0) is 39.2 Å². The van der Waals surface area contributed by atoms with Gasteiger partial charge in [0.25, 0.3) is 0 Å². The highest BCUT2D eigenvalue weighted by Crippen LogP contribution is 2.21. The number of nitrogens with zero attached hydrogens (tertiary/aromatic N) is 1. The van der Waals surface area contributed by atoms with Crippen LogP contribution in [0.25, 0.3) is 0 Å². The zero-order valence-corrected chi connectivity index (χ0v) is 10.2.